The molecule has 4 N–H and O–H groups in total. The smallest absolute Gasteiger partial charge is 0.249 e. The van der Waals surface area contributed by atoms with E-state index in [0.29, 0.717) is 12.8 Å². The highest BCUT2D eigenvalue weighted by Crippen LogP contribution is 2.19. The molecule has 412 valence electrons. The molecule has 0 aromatic heterocycles. The third kappa shape index (κ3) is 54.7. The largest absolute Gasteiger partial charge is 0.394 e. The van der Waals surface area contributed by atoms with Crippen molar-refractivity contribution in [2.75, 3.05) is 6.61 Å². The van der Waals surface area contributed by atoms with Crippen LogP contribution in [0.1, 0.15) is 367 Å². The molecule has 0 saturated carbocycles. The number of carbonyl (C=O) groups excluding carboxylic acids is 1. The molecule has 0 spiro atoms. The van der Waals surface area contributed by atoms with Crippen molar-refractivity contribution in [3.05, 3.63) is 12.2 Å². The van der Waals surface area contributed by atoms with E-state index in [1.54, 1.807) is 0 Å². The summed E-state index contributed by atoms with van der Waals surface area (Å²) in [5, 5.41) is 33.7. The Morgan fingerprint density at radius 2 is 0.551 bits per heavy atom. The minimum Gasteiger partial charge on any atom is -0.394 e. The number of aliphatic hydroxyl groups excluding tert-OH is 3. The lowest BCUT2D eigenvalue weighted by molar-refractivity contribution is -0.131. The van der Waals surface area contributed by atoms with Crippen LogP contribution in [0.2, 0.25) is 0 Å². The van der Waals surface area contributed by atoms with Crippen LogP contribution in [0, 0.1) is 0 Å². The predicted molar refractivity (Wildman–Crippen MR) is 305 cm³/mol. The third-order valence-electron chi connectivity index (χ3n) is 15.4. The highest BCUT2D eigenvalue weighted by atomic mass is 16.3. The SMILES string of the molecule is CCCCCCCCCCCCCC/C=C\CCCCCCCCCCCCCCCCC(O)C(=O)NC(CO)C(O)CCCCCCCCCCCCCCCCCCCCCCCCCCC. The number of allylic oxidation sites excluding steroid dienone is 2. The third-order valence-corrected chi connectivity index (χ3v) is 15.4. The number of amides is 1. The van der Waals surface area contributed by atoms with Gasteiger partial charge in [0, 0.05) is 0 Å². The molecule has 1 amide bonds. The molecule has 0 bridgehead atoms. The lowest BCUT2D eigenvalue weighted by Gasteiger charge is -2.23. The number of hydrogen-bond acceptors (Lipinski definition) is 4. The van der Waals surface area contributed by atoms with Crippen molar-refractivity contribution in [3.63, 3.8) is 0 Å². The second-order valence-corrected chi connectivity index (χ2v) is 22.3. The summed E-state index contributed by atoms with van der Waals surface area (Å²) < 4.78 is 0. The number of hydrogen-bond donors (Lipinski definition) is 4. The van der Waals surface area contributed by atoms with Gasteiger partial charge in [-0.3, -0.25) is 4.79 Å². The number of unbranched alkanes of at least 4 members (excludes halogenated alkanes) is 50. The van der Waals surface area contributed by atoms with Crippen molar-refractivity contribution in [2.24, 2.45) is 0 Å². The Morgan fingerprint density at radius 3 is 0.797 bits per heavy atom. The van der Waals surface area contributed by atoms with Gasteiger partial charge in [-0.05, 0) is 38.5 Å². The van der Waals surface area contributed by atoms with Gasteiger partial charge in [-0.25, -0.2) is 0 Å². The monoisotopic (exact) mass is 974 g/mol. The van der Waals surface area contributed by atoms with Crippen molar-refractivity contribution in [1.82, 2.24) is 5.32 Å². The van der Waals surface area contributed by atoms with Crippen LogP contribution >= 0.6 is 0 Å². The van der Waals surface area contributed by atoms with E-state index in [0.717, 1.165) is 32.1 Å². The molecule has 0 heterocycles. The Labute approximate surface area is 433 Å². The first-order chi connectivity index (χ1) is 34.1. The van der Waals surface area contributed by atoms with Gasteiger partial charge in [-0.15, -0.1) is 0 Å². The van der Waals surface area contributed by atoms with Crippen molar-refractivity contribution >= 4 is 5.91 Å². The minimum absolute atomic E-state index is 0.309. The van der Waals surface area contributed by atoms with Gasteiger partial charge in [0.15, 0.2) is 0 Å². The molecular weight excluding hydrogens is 847 g/mol. The van der Waals surface area contributed by atoms with Crippen LogP contribution in [0.4, 0.5) is 0 Å². The van der Waals surface area contributed by atoms with Crippen molar-refractivity contribution in [3.8, 4) is 0 Å². The molecule has 0 saturated heterocycles. The fourth-order valence-electron chi connectivity index (χ4n) is 10.4. The maximum Gasteiger partial charge on any atom is 0.249 e. The van der Waals surface area contributed by atoms with Crippen LogP contribution in [0.5, 0.6) is 0 Å². The average molecular weight is 975 g/mol. The summed E-state index contributed by atoms with van der Waals surface area (Å²) >= 11 is 0. The Bertz CT molecular complexity index is 987. The van der Waals surface area contributed by atoms with Crippen LogP contribution in [0.3, 0.4) is 0 Å². The summed E-state index contributed by atoms with van der Waals surface area (Å²) in [6.07, 6.45) is 75.8. The fraction of sp³-hybridized carbons (Fsp3) is 0.953. The summed E-state index contributed by atoms with van der Waals surface area (Å²) in [6, 6.07) is -0.711. The molecule has 5 heteroatoms. The van der Waals surface area contributed by atoms with Gasteiger partial charge in [0.25, 0.3) is 0 Å². The highest BCUT2D eigenvalue weighted by molar-refractivity contribution is 5.80. The maximum absolute atomic E-state index is 12.6. The number of carbonyl (C=O) groups is 1. The van der Waals surface area contributed by atoms with Crippen LogP contribution in [-0.4, -0.2) is 46.1 Å². The Kier molecular flexibility index (Phi) is 58.9. The molecule has 0 aliphatic heterocycles. The summed E-state index contributed by atoms with van der Waals surface area (Å²) in [4.78, 5) is 12.6. The lowest BCUT2D eigenvalue weighted by atomic mass is 10.0. The van der Waals surface area contributed by atoms with E-state index in [4.69, 9.17) is 0 Å². The topological polar surface area (TPSA) is 89.8 Å². The second kappa shape index (κ2) is 59.7. The highest BCUT2D eigenvalue weighted by Gasteiger charge is 2.23. The lowest BCUT2D eigenvalue weighted by Crippen LogP contribution is -2.49. The van der Waals surface area contributed by atoms with Crippen LogP contribution < -0.4 is 5.32 Å². The van der Waals surface area contributed by atoms with Crippen molar-refractivity contribution < 1.29 is 20.1 Å². The molecule has 0 fully saturated rings. The van der Waals surface area contributed by atoms with Gasteiger partial charge in [-0.2, -0.15) is 0 Å². The van der Waals surface area contributed by atoms with Gasteiger partial charge in [0.2, 0.25) is 5.91 Å². The Morgan fingerprint density at radius 1 is 0.333 bits per heavy atom. The van der Waals surface area contributed by atoms with E-state index in [1.807, 2.05) is 0 Å². The van der Waals surface area contributed by atoms with E-state index in [9.17, 15) is 20.1 Å². The van der Waals surface area contributed by atoms with Crippen LogP contribution in [0.25, 0.3) is 0 Å². The fourth-order valence-corrected chi connectivity index (χ4v) is 10.4. The first-order valence-electron chi connectivity index (χ1n) is 32.0. The average Bonchev–Trinajstić information content (AvgIpc) is 3.35. The molecule has 69 heavy (non-hydrogen) atoms. The number of rotatable bonds is 60. The molecule has 0 radical (unpaired) electrons. The predicted octanol–water partition coefficient (Wildman–Crippen LogP) is 20.2. The van der Waals surface area contributed by atoms with E-state index >= 15 is 0 Å². The van der Waals surface area contributed by atoms with Gasteiger partial charge in [-0.1, -0.05) is 341 Å². The zero-order valence-corrected chi connectivity index (χ0v) is 47.2. The van der Waals surface area contributed by atoms with Gasteiger partial charge in [0.1, 0.15) is 6.10 Å². The molecule has 0 aromatic carbocycles. The van der Waals surface area contributed by atoms with Crippen molar-refractivity contribution in [2.45, 2.75) is 385 Å². The summed E-state index contributed by atoms with van der Waals surface area (Å²) in [5.74, 6) is -0.463. The maximum atomic E-state index is 12.6. The summed E-state index contributed by atoms with van der Waals surface area (Å²) in [7, 11) is 0. The number of aliphatic hydroxyl groups is 3. The molecule has 0 aromatic rings. The van der Waals surface area contributed by atoms with Crippen molar-refractivity contribution in [1.29, 1.82) is 0 Å². The molecular formula is C64H127NO4. The summed E-state index contributed by atoms with van der Waals surface area (Å²) in [5.41, 5.74) is 0. The van der Waals surface area contributed by atoms with Gasteiger partial charge >= 0.3 is 0 Å². The van der Waals surface area contributed by atoms with Crippen LogP contribution in [-0.2, 0) is 4.79 Å². The molecule has 0 aliphatic rings. The normalized spacial score (nSPS) is 13.2. The first-order valence-corrected chi connectivity index (χ1v) is 32.0. The van der Waals surface area contributed by atoms with Gasteiger partial charge < -0.3 is 20.6 Å². The Hall–Kier alpha value is -0.910. The summed E-state index contributed by atoms with van der Waals surface area (Å²) in [6.45, 7) is 4.28. The standard InChI is InChI=1S/C64H127NO4/c1-3-5-7-9-11-13-15-17-19-21-23-25-27-29-30-31-32-33-35-37-39-41-43-45-47-49-51-53-55-57-59-63(68)64(69)65-61(60-66)62(67)58-56-54-52-50-48-46-44-42-40-38-36-34-28-26-24-22-20-18-16-14-12-10-8-6-4-2/h29-30,61-63,66-68H,3-28,31-60H2,1-2H3,(H,65,69)/b30-29-. The van der Waals surface area contributed by atoms with Crippen LogP contribution in [0.15, 0.2) is 12.2 Å². The minimum atomic E-state index is -1.07. The van der Waals surface area contributed by atoms with E-state index < -0.39 is 24.2 Å². The quantitative estimate of drug-likeness (QED) is 0.0361. The van der Waals surface area contributed by atoms with E-state index in [2.05, 4.69) is 31.3 Å². The number of nitrogens with one attached hydrogen (secondary N) is 1. The molecule has 5 nitrogen and oxygen atoms in total. The first kappa shape index (κ1) is 68.1. The molecule has 0 rings (SSSR count). The molecule has 0 aliphatic carbocycles. The van der Waals surface area contributed by atoms with E-state index in [-0.39, 0.29) is 6.61 Å². The zero-order chi connectivity index (χ0) is 50.0. The van der Waals surface area contributed by atoms with Gasteiger partial charge in [0.05, 0.1) is 18.8 Å². The molecule has 3 unspecified atom stereocenters. The van der Waals surface area contributed by atoms with E-state index in [1.165, 1.54) is 308 Å². The second-order valence-electron chi connectivity index (χ2n) is 22.3. The Balaban J connectivity index is 3.47. The molecule has 3 atom stereocenters. The zero-order valence-electron chi connectivity index (χ0n) is 47.2.